The molecule has 1 aliphatic rings. The Morgan fingerprint density at radius 1 is 1.39 bits per heavy atom. The summed E-state index contributed by atoms with van der Waals surface area (Å²) in [6.45, 7) is 3.07. The molecule has 126 valence electrons. The minimum atomic E-state index is -0.449. The van der Waals surface area contributed by atoms with Crippen LogP contribution in [0.3, 0.4) is 0 Å². The number of ether oxygens (including phenoxy) is 1. The summed E-state index contributed by atoms with van der Waals surface area (Å²) in [5, 5.41) is 12.4. The second-order valence-corrected chi connectivity index (χ2v) is 5.48. The zero-order valence-electron chi connectivity index (χ0n) is 13.5. The van der Waals surface area contributed by atoms with Gasteiger partial charge >= 0.3 is 12.1 Å². The fraction of sp³-hybridized carbons (Fsp3) is 0.500. The van der Waals surface area contributed by atoms with Crippen LogP contribution in [-0.2, 0) is 4.74 Å². The van der Waals surface area contributed by atoms with E-state index >= 15 is 0 Å². The summed E-state index contributed by atoms with van der Waals surface area (Å²) in [5.74, 6) is 0. The monoisotopic (exact) mass is 321 g/mol. The number of hydrogen-bond acceptors (Lipinski definition) is 4. The maximum absolute atomic E-state index is 12.1. The largest absolute Gasteiger partial charge is 0.449 e. The van der Waals surface area contributed by atoms with Gasteiger partial charge in [0, 0.05) is 31.5 Å². The molecule has 1 aliphatic heterocycles. The molecule has 1 saturated heterocycles. The van der Waals surface area contributed by atoms with E-state index in [1.54, 1.807) is 43.1 Å². The van der Waals surface area contributed by atoms with Crippen molar-refractivity contribution in [1.82, 2.24) is 4.90 Å². The Morgan fingerprint density at radius 2 is 2.09 bits per heavy atom. The molecule has 1 aromatic rings. The molecule has 2 rings (SSSR count). The predicted octanol–water partition coefficient (Wildman–Crippen LogP) is 2.27. The standard InChI is InChI=1S/C16H23N3O4/c1-3-23-16(22)18(2)13-8-6-12(7-9-13)17-15(21)19-10-4-5-14(20)11-19/h6-9,14,20H,3-5,10-11H2,1-2H3,(H,17,21). The third kappa shape index (κ3) is 4.59. The first kappa shape index (κ1) is 17.1. The van der Waals surface area contributed by atoms with E-state index in [4.69, 9.17) is 4.74 Å². The van der Waals surface area contributed by atoms with Gasteiger partial charge < -0.3 is 20.1 Å². The average molecular weight is 321 g/mol. The summed E-state index contributed by atoms with van der Waals surface area (Å²) in [5.41, 5.74) is 1.31. The average Bonchev–Trinajstić information content (AvgIpc) is 2.55. The van der Waals surface area contributed by atoms with Crippen molar-refractivity contribution in [2.24, 2.45) is 0 Å². The second kappa shape index (κ2) is 7.82. The second-order valence-electron chi connectivity index (χ2n) is 5.48. The van der Waals surface area contributed by atoms with E-state index in [1.807, 2.05) is 0 Å². The molecule has 1 aromatic carbocycles. The Kier molecular flexibility index (Phi) is 5.81. The number of anilines is 2. The molecule has 23 heavy (non-hydrogen) atoms. The van der Waals surface area contributed by atoms with Gasteiger partial charge in [0.15, 0.2) is 0 Å². The molecule has 3 amide bonds. The van der Waals surface area contributed by atoms with Crippen molar-refractivity contribution < 1.29 is 19.4 Å². The Bertz CT molecular complexity index is 547. The predicted molar refractivity (Wildman–Crippen MR) is 87.7 cm³/mol. The number of β-amino-alcohol motifs (C(OH)–C–C–N with tert-alkyl or cyclic N) is 1. The van der Waals surface area contributed by atoms with E-state index in [2.05, 4.69) is 5.32 Å². The van der Waals surface area contributed by atoms with Crippen LogP contribution in [0, 0.1) is 0 Å². The number of hydrogen-bond donors (Lipinski definition) is 2. The highest BCUT2D eigenvalue weighted by Crippen LogP contribution is 2.18. The molecule has 1 atom stereocenters. The topological polar surface area (TPSA) is 82.1 Å². The number of likely N-dealkylation sites (tertiary alicyclic amines) is 1. The van der Waals surface area contributed by atoms with E-state index in [0.717, 1.165) is 12.8 Å². The molecule has 0 spiro atoms. The van der Waals surface area contributed by atoms with Crippen LogP contribution in [0.5, 0.6) is 0 Å². The molecule has 0 aromatic heterocycles. The van der Waals surface area contributed by atoms with Gasteiger partial charge in [-0.3, -0.25) is 4.90 Å². The van der Waals surface area contributed by atoms with Crippen molar-refractivity contribution in [3.8, 4) is 0 Å². The minimum absolute atomic E-state index is 0.227. The number of aliphatic hydroxyl groups excluding tert-OH is 1. The van der Waals surface area contributed by atoms with E-state index < -0.39 is 12.2 Å². The molecule has 0 bridgehead atoms. The summed E-state index contributed by atoms with van der Waals surface area (Å²) < 4.78 is 4.93. The van der Waals surface area contributed by atoms with Crippen LogP contribution in [0.25, 0.3) is 0 Å². The number of benzene rings is 1. The van der Waals surface area contributed by atoms with Crippen LogP contribution in [0.1, 0.15) is 19.8 Å². The maximum Gasteiger partial charge on any atom is 0.413 e. The summed E-state index contributed by atoms with van der Waals surface area (Å²) in [6, 6.07) is 6.69. The number of rotatable bonds is 3. The minimum Gasteiger partial charge on any atom is -0.449 e. The number of carbonyl (C=O) groups excluding carboxylic acids is 2. The highest BCUT2D eigenvalue weighted by atomic mass is 16.6. The van der Waals surface area contributed by atoms with Crippen LogP contribution in [0.2, 0.25) is 0 Å². The van der Waals surface area contributed by atoms with Crippen LogP contribution in [0.15, 0.2) is 24.3 Å². The van der Waals surface area contributed by atoms with E-state index in [9.17, 15) is 14.7 Å². The number of carbonyl (C=O) groups is 2. The SMILES string of the molecule is CCOC(=O)N(C)c1ccc(NC(=O)N2CCCC(O)C2)cc1. The summed E-state index contributed by atoms with van der Waals surface area (Å²) in [7, 11) is 1.63. The number of nitrogens with one attached hydrogen (secondary N) is 1. The molecular weight excluding hydrogens is 298 g/mol. The van der Waals surface area contributed by atoms with Crippen molar-refractivity contribution in [1.29, 1.82) is 0 Å². The molecule has 1 heterocycles. The summed E-state index contributed by atoms with van der Waals surface area (Å²) in [6.07, 6.45) is 0.665. The van der Waals surface area contributed by atoms with Gasteiger partial charge in [0.1, 0.15) is 0 Å². The Hall–Kier alpha value is -2.28. The molecule has 0 radical (unpaired) electrons. The van der Waals surface area contributed by atoms with Gasteiger partial charge in [-0.2, -0.15) is 0 Å². The van der Waals surface area contributed by atoms with E-state index in [0.29, 0.717) is 31.1 Å². The Morgan fingerprint density at radius 3 is 2.70 bits per heavy atom. The highest BCUT2D eigenvalue weighted by Gasteiger charge is 2.22. The normalized spacial score (nSPS) is 17.5. The van der Waals surface area contributed by atoms with Crippen LogP contribution in [0.4, 0.5) is 21.0 Å². The van der Waals surface area contributed by atoms with Crippen molar-refractivity contribution in [2.45, 2.75) is 25.9 Å². The molecule has 0 saturated carbocycles. The van der Waals surface area contributed by atoms with Gasteiger partial charge in [-0.15, -0.1) is 0 Å². The number of urea groups is 1. The van der Waals surface area contributed by atoms with Crippen LogP contribution in [-0.4, -0.2) is 55.0 Å². The third-order valence-electron chi connectivity index (χ3n) is 3.73. The van der Waals surface area contributed by atoms with Gasteiger partial charge in [0.25, 0.3) is 0 Å². The zero-order valence-corrected chi connectivity index (χ0v) is 13.5. The maximum atomic E-state index is 12.1. The summed E-state index contributed by atoms with van der Waals surface area (Å²) in [4.78, 5) is 26.8. The molecule has 0 aliphatic carbocycles. The van der Waals surface area contributed by atoms with Crippen molar-refractivity contribution in [2.75, 3.05) is 37.0 Å². The van der Waals surface area contributed by atoms with E-state index in [-0.39, 0.29) is 6.03 Å². The van der Waals surface area contributed by atoms with Gasteiger partial charge in [-0.25, -0.2) is 9.59 Å². The van der Waals surface area contributed by atoms with Crippen LogP contribution < -0.4 is 10.2 Å². The molecule has 2 N–H and O–H groups in total. The fourth-order valence-electron chi connectivity index (χ4n) is 2.44. The Labute approximate surface area is 135 Å². The number of piperidine rings is 1. The first-order valence-corrected chi connectivity index (χ1v) is 7.75. The van der Waals surface area contributed by atoms with E-state index in [1.165, 1.54) is 4.90 Å². The molecular formula is C16H23N3O4. The van der Waals surface area contributed by atoms with Crippen LogP contribution >= 0.6 is 0 Å². The third-order valence-corrected chi connectivity index (χ3v) is 3.73. The number of nitrogens with zero attached hydrogens (tertiary/aromatic N) is 2. The number of aliphatic hydroxyl groups is 1. The molecule has 7 heteroatoms. The zero-order chi connectivity index (χ0) is 16.8. The van der Waals surface area contributed by atoms with Gasteiger partial charge in [-0.05, 0) is 44.0 Å². The quantitative estimate of drug-likeness (QED) is 0.895. The van der Waals surface area contributed by atoms with Gasteiger partial charge in [0.05, 0.1) is 12.7 Å². The molecule has 1 fully saturated rings. The Balaban J connectivity index is 1.94. The smallest absolute Gasteiger partial charge is 0.413 e. The lowest BCUT2D eigenvalue weighted by atomic mass is 10.1. The van der Waals surface area contributed by atoms with Crippen molar-refractivity contribution >= 4 is 23.5 Å². The van der Waals surface area contributed by atoms with Crippen molar-refractivity contribution in [3.63, 3.8) is 0 Å². The van der Waals surface area contributed by atoms with Gasteiger partial charge in [0.2, 0.25) is 0 Å². The van der Waals surface area contributed by atoms with Gasteiger partial charge in [-0.1, -0.05) is 0 Å². The lowest BCUT2D eigenvalue weighted by Gasteiger charge is -2.30. The molecule has 1 unspecified atom stereocenters. The number of amides is 3. The lowest BCUT2D eigenvalue weighted by Crippen LogP contribution is -2.44. The fourth-order valence-corrected chi connectivity index (χ4v) is 2.44. The van der Waals surface area contributed by atoms with Crippen molar-refractivity contribution in [3.05, 3.63) is 24.3 Å². The molecule has 7 nitrogen and oxygen atoms in total. The lowest BCUT2D eigenvalue weighted by molar-refractivity contribution is 0.0883. The highest BCUT2D eigenvalue weighted by molar-refractivity contribution is 5.91. The first-order chi connectivity index (χ1) is 11.0. The summed E-state index contributed by atoms with van der Waals surface area (Å²) >= 11 is 0. The first-order valence-electron chi connectivity index (χ1n) is 7.75.